The third kappa shape index (κ3) is 3.20. The van der Waals surface area contributed by atoms with Gasteiger partial charge in [-0.15, -0.1) is 0 Å². The van der Waals surface area contributed by atoms with Crippen molar-refractivity contribution in [3.8, 4) is 5.75 Å². The van der Waals surface area contributed by atoms with Crippen molar-refractivity contribution in [1.82, 2.24) is 5.06 Å². The molecule has 0 radical (unpaired) electrons. The Hall–Kier alpha value is -2.53. The van der Waals surface area contributed by atoms with Crippen molar-refractivity contribution in [2.45, 2.75) is 20.1 Å². The van der Waals surface area contributed by atoms with Crippen LogP contribution < -0.4 is 10.1 Å². The Morgan fingerprint density at radius 2 is 2.00 bits per heavy atom. The minimum atomic E-state index is -0.257. The Kier molecular flexibility index (Phi) is 4.25. The topological polar surface area (TPSA) is 50.8 Å². The number of hydrogen-bond donors (Lipinski definition) is 1. The van der Waals surface area contributed by atoms with E-state index in [4.69, 9.17) is 9.57 Å². The van der Waals surface area contributed by atoms with Crippen LogP contribution >= 0.6 is 0 Å². The van der Waals surface area contributed by atoms with Gasteiger partial charge in [-0.1, -0.05) is 30.3 Å². The number of hydroxylamine groups is 2. The maximum absolute atomic E-state index is 12.0. The molecule has 5 heteroatoms. The zero-order valence-corrected chi connectivity index (χ0v) is 12.4. The molecule has 0 aromatic heterocycles. The van der Waals surface area contributed by atoms with Gasteiger partial charge >= 0.3 is 6.03 Å². The summed E-state index contributed by atoms with van der Waals surface area (Å²) < 4.78 is 5.49. The van der Waals surface area contributed by atoms with E-state index in [2.05, 4.69) is 5.32 Å². The monoisotopic (exact) mass is 298 g/mol. The molecule has 3 rings (SSSR count). The minimum absolute atomic E-state index is 0.257. The van der Waals surface area contributed by atoms with Crippen LogP contribution in [-0.2, 0) is 18.0 Å². The third-order valence-electron chi connectivity index (χ3n) is 3.40. The normalized spacial score (nSPS) is 13.5. The average molecular weight is 298 g/mol. The lowest BCUT2D eigenvalue weighted by atomic mass is 10.1. The molecule has 0 atom stereocenters. The molecule has 0 spiro atoms. The van der Waals surface area contributed by atoms with Gasteiger partial charge in [0.2, 0.25) is 0 Å². The quantitative estimate of drug-likeness (QED) is 0.918. The summed E-state index contributed by atoms with van der Waals surface area (Å²) in [5, 5.41) is 4.16. The molecule has 2 aromatic carbocycles. The fraction of sp³-hybridized carbons (Fsp3) is 0.235. The number of ether oxygens (including phenoxy) is 1. The molecule has 1 aliphatic heterocycles. The molecule has 0 saturated carbocycles. The van der Waals surface area contributed by atoms with Crippen LogP contribution in [0.15, 0.2) is 48.5 Å². The lowest BCUT2D eigenvalue weighted by molar-refractivity contribution is -0.132. The Morgan fingerprint density at radius 1 is 1.18 bits per heavy atom. The van der Waals surface area contributed by atoms with Gasteiger partial charge in [-0.25, -0.2) is 4.79 Å². The Bertz CT molecular complexity index is 658. The van der Waals surface area contributed by atoms with Crippen LogP contribution in [0.2, 0.25) is 0 Å². The molecular formula is C17H18N2O3. The predicted octanol–water partition coefficient (Wildman–Crippen LogP) is 3.56. The zero-order valence-electron chi connectivity index (χ0n) is 12.4. The van der Waals surface area contributed by atoms with Gasteiger partial charge in [-0.3, -0.25) is 4.84 Å². The van der Waals surface area contributed by atoms with E-state index < -0.39 is 0 Å². The van der Waals surface area contributed by atoms with Gasteiger partial charge in [0.15, 0.2) is 0 Å². The Morgan fingerprint density at radius 3 is 2.77 bits per heavy atom. The van der Waals surface area contributed by atoms with Crippen LogP contribution in [0.1, 0.15) is 18.1 Å². The molecule has 0 unspecified atom stereocenters. The van der Waals surface area contributed by atoms with Crippen molar-refractivity contribution >= 4 is 11.7 Å². The summed E-state index contributed by atoms with van der Waals surface area (Å²) in [5.41, 5.74) is 2.79. The number of benzene rings is 2. The zero-order chi connectivity index (χ0) is 15.4. The summed E-state index contributed by atoms with van der Waals surface area (Å²) in [5.74, 6) is 0.792. The highest BCUT2D eigenvalue weighted by molar-refractivity contribution is 5.91. The molecular weight excluding hydrogens is 280 g/mol. The Labute approximate surface area is 129 Å². The van der Waals surface area contributed by atoms with Crippen molar-refractivity contribution in [3.05, 3.63) is 59.7 Å². The van der Waals surface area contributed by atoms with Gasteiger partial charge in [-0.05, 0) is 30.7 Å². The van der Waals surface area contributed by atoms with Gasteiger partial charge in [0.1, 0.15) is 12.4 Å². The number of rotatable bonds is 5. The molecule has 114 valence electrons. The predicted molar refractivity (Wildman–Crippen MR) is 83.4 cm³/mol. The maximum atomic E-state index is 12.0. The number of amides is 2. The van der Waals surface area contributed by atoms with E-state index in [1.54, 1.807) is 0 Å². The molecule has 1 aliphatic rings. The summed E-state index contributed by atoms with van der Waals surface area (Å²) in [6, 6.07) is 15.1. The molecule has 0 fully saturated rings. The van der Waals surface area contributed by atoms with E-state index in [1.165, 1.54) is 5.06 Å². The molecule has 0 saturated heterocycles. The number of anilines is 1. The van der Waals surface area contributed by atoms with Crippen molar-refractivity contribution < 1.29 is 14.4 Å². The highest BCUT2D eigenvalue weighted by atomic mass is 16.7. The Balaban J connectivity index is 1.69. The second-order valence-electron chi connectivity index (χ2n) is 4.98. The number of fused-ring (bicyclic) bond motifs is 1. The fourth-order valence-electron chi connectivity index (χ4n) is 2.31. The smallest absolute Gasteiger partial charge is 0.346 e. The molecule has 1 N–H and O–H groups in total. The second-order valence-corrected chi connectivity index (χ2v) is 4.98. The van der Waals surface area contributed by atoms with Crippen LogP contribution in [-0.4, -0.2) is 17.7 Å². The molecule has 0 bridgehead atoms. The molecule has 2 aromatic rings. The first kappa shape index (κ1) is 14.4. The SMILES string of the molecule is CCOc1ccc2c(c1)CN(OCc1ccccc1)C(=O)N2. The highest BCUT2D eigenvalue weighted by Gasteiger charge is 2.23. The lowest BCUT2D eigenvalue weighted by Gasteiger charge is -2.28. The van der Waals surface area contributed by atoms with Gasteiger partial charge in [0.05, 0.1) is 13.2 Å². The average Bonchev–Trinajstić information content (AvgIpc) is 2.54. The standard InChI is InChI=1S/C17H18N2O3/c1-2-21-15-8-9-16-14(10-15)11-19(17(20)18-16)22-12-13-6-4-3-5-7-13/h3-10H,2,11-12H2,1H3,(H,18,20). The van der Waals surface area contributed by atoms with E-state index in [1.807, 2.05) is 55.5 Å². The summed E-state index contributed by atoms with van der Waals surface area (Å²) in [6.45, 7) is 3.31. The van der Waals surface area contributed by atoms with E-state index in [-0.39, 0.29) is 6.03 Å². The molecule has 22 heavy (non-hydrogen) atoms. The number of carbonyl (C=O) groups excluding carboxylic acids is 1. The van der Waals surface area contributed by atoms with Crippen LogP contribution in [0.25, 0.3) is 0 Å². The van der Waals surface area contributed by atoms with E-state index in [0.29, 0.717) is 19.8 Å². The van der Waals surface area contributed by atoms with Crippen molar-refractivity contribution in [3.63, 3.8) is 0 Å². The maximum Gasteiger partial charge on any atom is 0.346 e. The molecule has 1 heterocycles. The molecule has 5 nitrogen and oxygen atoms in total. The summed E-state index contributed by atoms with van der Waals surface area (Å²) in [7, 11) is 0. The highest BCUT2D eigenvalue weighted by Crippen LogP contribution is 2.27. The molecule has 0 aliphatic carbocycles. The fourth-order valence-corrected chi connectivity index (χ4v) is 2.31. The first-order chi connectivity index (χ1) is 10.8. The van der Waals surface area contributed by atoms with E-state index in [0.717, 1.165) is 22.6 Å². The van der Waals surface area contributed by atoms with Gasteiger partial charge in [0.25, 0.3) is 0 Å². The number of urea groups is 1. The summed E-state index contributed by atoms with van der Waals surface area (Å²) in [6.07, 6.45) is 0. The number of nitrogens with zero attached hydrogens (tertiary/aromatic N) is 1. The summed E-state index contributed by atoms with van der Waals surface area (Å²) in [4.78, 5) is 17.7. The van der Waals surface area contributed by atoms with Gasteiger partial charge < -0.3 is 10.1 Å². The van der Waals surface area contributed by atoms with Crippen molar-refractivity contribution in [2.24, 2.45) is 0 Å². The van der Waals surface area contributed by atoms with Crippen LogP contribution in [0, 0.1) is 0 Å². The molecule has 2 amide bonds. The van der Waals surface area contributed by atoms with Gasteiger partial charge in [-0.2, -0.15) is 5.06 Å². The number of hydrogen-bond acceptors (Lipinski definition) is 3. The van der Waals surface area contributed by atoms with Gasteiger partial charge in [0, 0.05) is 11.3 Å². The number of carbonyl (C=O) groups is 1. The minimum Gasteiger partial charge on any atom is -0.494 e. The third-order valence-corrected chi connectivity index (χ3v) is 3.40. The van der Waals surface area contributed by atoms with Crippen LogP contribution in [0.4, 0.5) is 10.5 Å². The second kappa shape index (κ2) is 6.49. The van der Waals surface area contributed by atoms with Crippen molar-refractivity contribution in [1.29, 1.82) is 0 Å². The lowest BCUT2D eigenvalue weighted by Crippen LogP contribution is -2.38. The van der Waals surface area contributed by atoms with E-state index >= 15 is 0 Å². The van der Waals surface area contributed by atoms with Crippen LogP contribution in [0.3, 0.4) is 0 Å². The van der Waals surface area contributed by atoms with E-state index in [9.17, 15) is 4.79 Å². The first-order valence-corrected chi connectivity index (χ1v) is 7.27. The van der Waals surface area contributed by atoms with Crippen molar-refractivity contribution in [2.75, 3.05) is 11.9 Å². The van der Waals surface area contributed by atoms with Crippen LogP contribution in [0.5, 0.6) is 5.75 Å². The summed E-state index contributed by atoms with van der Waals surface area (Å²) >= 11 is 0. The number of nitrogens with one attached hydrogen (secondary N) is 1. The first-order valence-electron chi connectivity index (χ1n) is 7.27. The largest absolute Gasteiger partial charge is 0.494 e.